The molecule has 1 aromatic carbocycles. The number of benzene rings is 1. The minimum Gasteiger partial charge on any atom is -0.354 e. The number of aromatic nitrogens is 4. The number of alkyl halides is 2. The first-order valence-electron chi connectivity index (χ1n) is 10.1. The van der Waals surface area contributed by atoms with E-state index in [-0.39, 0.29) is 33.3 Å². The quantitative estimate of drug-likeness (QED) is 0.465. The first-order chi connectivity index (χ1) is 15.5. The molecule has 0 aliphatic heterocycles. The van der Waals surface area contributed by atoms with E-state index in [1.54, 1.807) is 0 Å². The lowest BCUT2D eigenvalue weighted by Crippen LogP contribution is -2.12. The van der Waals surface area contributed by atoms with E-state index in [4.69, 9.17) is 11.6 Å². The van der Waals surface area contributed by atoms with Crippen molar-refractivity contribution in [3.8, 4) is 11.5 Å². The lowest BCUT2D eigenvalue weighted by Gasteiger charge is -2.13. The number of nitrogens with zero attached hydrogens (tertiary/aromatic N) is 4. The zero-order valence-electron chi connectivity index (χ0n) is 17.8. The van der Waals surface area contributed by atoms with E-state index < -0.39 is 21.5 Å². The van der Waals surface area contributed by atoms with Crippen molar-refractivity contribution in [1.82, 2.24) is 19.9 Å². The van der Waals surface area contributed by atoms with Gasteiger partial charge in [0, 0.05) is 30.4 Å². The number of anilines is 3. The first-order valence-corrected chi connectivity index (χ1v) is 12.4. The van der Waals surface area contributed by atoms with Gasteiger partial charge in [-0.05, 0) is 49.1 Å². The predicted molar refractivity (Wildman–Crippen MR) is 122 cm³/mol. The highest BCUT2D eigenvalue weighted by Gasteiger charge is 2.27. The average Bonchev–Trinajstić information content (AvgIpc) is 3.55. The Labute approximate surface area is 194 Å². The Bertz CT molecular complexity index is 1300. The third kappa shape index (κ3) is 6.11. The lowest BCUT2D eigenvalue weighted by atomic mass is 10.2. The number of halogens is 3. The molecule has 1 aliphatic carbocycles. The number of hydrogen-bond donors (Lipinski definition) is 2. The third-order valence-corrected chi connectivity index (χ3v) is 6.17. The van der Waals surface area contributed by atoms with Gasteiger partial charge in [-0.2, -0.15) is 23.7 Å². The van der Waals surface area contributed by atoms with Gasteiger partial charge in [0.25, 0.3) is 5.92 Å². The normalized spacial score (nSPS) is 14.2. The largest absolute Gasteiger partial charge is 0.354 e. The molecule has 1 fully saturated rings. The lowest BCUT2D eigenvalue weighted by molar-refractivity contribution is 0.0129. The van der Waals surface area contributed by atoms with Gasteiger partial charge in [-0.15, -0.1) is 0 Å². The summed E-state index contributed by atoms with van der Waals surface area (Å²) >= 11 is 6.08. The fourth-order valence-corrected chi connectivity index (χ4v) is 3.95. The van der Waals surface area contributed by atoms with E-state index in [9.17, 15) is 17.2 Å². The van der Waals surface area contributed by atoms with Gasteiger partial charge in [-0.25, -0.2) is 13.4 Å². The third-order valence-electron chi connectivity index (χ3n) is 4.86. The maximum atomic E-state index is 13.8. The predicted octanol–water partition coefficient (Wildman–Crippen LogP) is 4.67. The van der Waals surface area contributed by atoms with Crippen LogP contribution in [0.5, 0.6) is 0 Å². The summed E-state index contributed by atoms with van der Waals surface area (Å²) in [6.45, 7) is 1.43. The second-order valence-electron chi connectivity index (χ2n) is 8.00. The van der Waals surface area contributed by atoms with E-state index in [0.717, 1.165) is 26.0 Å². The van der Waals surface area contributed by atoms with Crippen LogP contribution in [0.2, 0.25) is 5.02 Å². The van der Waals surface area contributed by atoms with Gasteiger partial charge in [-0.3, -0.25) is 0 Å². The molecule has 0 atom stereocenters. The van der Waals surface area contributed by atoms with Crippen molar-refractivity contribution in [2.24, 2.45) is 5.92 Å². The summed E-state index contributed by atoms with van der Waals surface area (Å²) in [5.74, 6) is -2.18. The molecule has 2 aromatic heterocycles. The van der Waals surface area contributed by atoms with Gasteiger partial charge in [0.1, 0.15) is 11.4 Å². The standard InChI is InChI=1S/C21H21ClF2N6O2S/c1-21(23,24)17-5-3-4-16(27-17)18-28-19(25-11-12-6-7-12)30-20(29-18)26-14-8-13(22)9-15(10-14)33(2,31)32/h3-5,8-10,12H,6-7,11H2,1-2H3,(H2,25,26,28,29,30). The topological polar surface area (TPSA) is 110 Å². The Balaban J connectivity index is 1.72. The molecule has 0 saturated heterocycles. The molecule has 0 unspecified atom stereocenters. The maximum Gasteiger partial charge on any atom is 0.286 e. The zero-order chi connectivity index (χ0) is 23.8. The molecule has 1 aliphatic rings. The molecule has 0 bridgehead atoms. The Kier molecular flexibility index (Phi) is 6.19. The summed E-state index contributed by atoms with van der Waals surface area (Å²) < 4.78 is 51.5. The number of sulfone groups is 1. The average molecular weight is 495 g/mol. The molecule has 0 radical (unpaired) electrons. The molecule has 2 heterocycles. The highest BCUT2D eigenvalue weighted by atomic mass is 35.5. The van der Waals surface area contributed by atoms with Crippen molar-refractivity contribution in [2.45, 2.75) is 30.6 Å². The Morgan fingerprint density at radius 1 is 1.09 bits per heavy atom. The molecule has 0 amide bonds. The zero-order valence-corrected chi connectivity index (χ0v) is 19.4. The van der Waals surface area contributed by atoms with Gasteiger partial charge in [0.15, 0.2) is 15.7 Å². The smallest absolute Gasteiger partial charge is 0.286 e. The molecule has 12 heteroatoms. The molecular weight excluding hydrogens is 474 g/mol. The summed E-state index contributed by atoms with van der Waals surface area (Å²) in [5, 5.41) is 6.27. The van der Waals surface area contributed by atoms with Crippen LogP contribution in [-0.4, -0.2) is 41.2 Å². The Morgan fingerprint density at radius 2 is 1.82 bits per heavy atom. The van der Waals surface area contributed by atoms with Gasteiger partial charge in [0.2, 0.25) is 11.9 Å². The summed E-state index contributed by atoms with van der Waals surface area (Å²) in [6.07, 6.45) is 3.30. The second kappa shape index (κ2) is 8.79. The molecule has 33 heavy (non-hydrogen) atoms. The number of pyridine rings is 1. The van der Waals surface area contributed by atoms with Gasteiger partial charge in [0.05, 0.1) is 4.90 Å². The fraction of sp³-hybridized carbons (Fsp3) is 0.333. The summed E-state index contributed by atoms with van der Waals surface area (Å²) in [5.41, 5.74) is 0.0851. The monoisotopic (exact) mass is 494 g/mol. The van der Waals surface area contributed by atoms with Gasteiger partial charge < -0.3 is 10.6 Å². The van der Waals surface area contributed by atoms with Crippen LogP contribution >= 0.6 is 11.6 Å². The van der Waals surface area contributed by atoms with Crippen molar-refractivity contribution in [3.63, 3.8) is 0 Å². The molecule has 1 saturated carbocycles. The van der Waals surface area contributed by atoms with Crippen molar-refractivity contribution in [3.05, 3.63) is 47.1 Å². The van der Waals surface area contributed by atoms with Crippen LogP contribution in [0.1, 0.15) is 25.5 Å². The van der Waals surface area contributed by atoms with E-state index in [2.05, 4.69) is 30.6 Å². The van der Waals surface area contributed by atoms with Crippen LogP contribution in [0.3, 0.4) is 0 Å². The molecule has 3 aromatic rings. The van der Waals surface area contributed by atoms with Crippen LogP contribution in [0.15, 0.2) is 41.3 Å². The van der Waals surface area contributed by atoms with E-state index >= 15 is 0 Å². The van der Waals surface area contributed by atoms with Crippen LogP contribution in [0.25, 0.3) is 11.5 Å². The van der Waals surface area contributed by atoms with Gasteiger partial charge in [-0.1, -0.05) is 17.7 Å². The van der Waals surface area contributed by atoms with Crippen LogP contribution < -0.4 is 10.6 Å². The van der Waals surface area contributed by atoms with Crippen molar-refractivity contribution in [1.29, 1.82) is 0 Å². The second-order valence-corrected chi connectivity index (χ2v) is 10.5. The number of hydrogen-bond acceptors (Lipinski definition) is 8. The summed E-state index contributed by atoms with van der Waals surface area (Å²) in [6, 6.07) is 8.48. The summed E-state index contributed by atoms with van der Waals surface area (Å²) in [7, 11) is -3.50. The Morgan fingerprint density at radius 3 is 2.48 bits per heavy atom. The van der Waals surface area contributed by atoms with Crippen molar-refractivity contribution in [2.75, 3.05) is 23.4 Å². The van der Waals surface area contributed by atoms with E-state index in [1.807, 2.05) is 0 Å². The highest BCUT2D eigenvalue weighted by molar-refractivity contribution is 7.90. The summed E-state index contributed by atoms with van der Waals surface area (Å²) in [4.78, 5) is 17.0. The SMILES string of the molecule is CC(F)(F)c1cccc(-c2nc(NCC3CC3)nc(Nc3cc(Cl)cc(S(C)(=O)=O)c3)n2)n1. The molecule has 2 N–H and O–H groups in total. The maximum absolute atomic E-state index is 13.8. The minimum absolute atomic E-state index is 0.0263. The van der Waals surface area contributed by atoms with Gasteiger partial charge >= 0.3 is 0 Å². The number of nitrogens with one attached hydrogen (secondary N) is 2. The Hall–Kier alpha value is -2.92. The van der Waals surface area contributed by atoms with E-state index in [1.165, 1.54) is 36.4 Å². The molecular formula is C21H21ClF2N6O2S. The fourth-order valence-electron chi connectivity index (χ4n) is 2.96. The molecule has 4 rings (SSSR count). The number of rotatable bonds is 8. The molecule has 8 nitrogen and oxygen atoms in total. The molecule has 0 spiro atoms. The first kappa shape index (κ1) is 23.2. The van der Waals surface area contributed by atoms with Crippen LogP contribution in [-0.2, 0) is 15.8 Å². The van der Waals surface area contributed by atoms with Crippen LogP contribution in [0.4, 0.5) is 26.4 Å². The van der Waals surface area contributed by atoms with Crippen molar-refractivity contribution >= 4 is 39.0 Å². The van der Waals surface area contributed by atoms with Crippen molar-refractivity contribution < 1.29 is 17.2 Å². The van der Waals surface area contributed by atoms with Crippen LogP contribution in [0, 0.1) is 5.92 Å². The highest BCUT2D eigenvalue weighted by Crippen LogP contribution is 2.30. The van der Waals surface area contributed by atoms with E-state index in [0.29, 0.717) is 18.2 Å². The minimum atomic E-state index is -3.50. The molecule has 174 valence electrons.